The Morgan fingerprint density at radius 1 is 1.37 bits per heavy atom. The first-order valence-corrected chi connectivity index (χ1v) is 7.58. The number of nitriles is 1. The molecule has 4 nitrogen and oxygen atoms in total. The molecule has 1 N–H and O–H groups in total. The van der Waals surface area contributed by atoms with Gasteiger partial charge in [-0.1, -0.05) is 0 Å². The van der Waals surface area contributed by atoms with Gasteiger partial charge in [-0.15, -0.1) is 0 Å². The highest BCUT2D eigenvalue weighted by atomic mass is 32.2. The second-order valence-electron chi connectivity index (χ2n) is 4.40. The van der Waals surface area contributed by atoms with E-state index in [4.69, 9.17) is 5.26 Å². The second-order valence-corrected chi connectivity index (χ2v) is 6.59. The highest BCUT2D eigenvalue weighted by molar-refractivity contribution is 7.90. The number of hydrogen-bond acceptors (Lipinski definition) is 4. The third-order valence-electron chi connectivity index (χ3n) is 2.45. The summed E-state index contributed by atoms with van der Waals surface area (Å²) in [6.45, 7) is 1.47. The lowest BCUT2D eigenvalue weighted by molar-refractivity contribution is 0.511. The van der Waals surface area contributed by atoms with E-state index in [0.717, 1.165) is 18.4 Å². The molecular weight excluding hydrogens is 274 g/mol. The SMILES string of the molecule is CC(CS(C)(=O)=O)NCc1c(F)cc(C#N)cc1F. The van der Waals surface area contributed by atoms with Crippen molar-refractivity contribution in [1.82, 2.24) is 5.32 Å². The number of sulfone groups is 1. The average Bonchev–Trinajstić information content (AvgIpc) is 2.25. The maximum atomic E-state index is 13.5. The first-order valence-electron chi connectivity index (χ1n) is 5.52. The Morgan fingerprint density at radius 3 is 2.32 bits per heavy atom. The van der Waals surface area contributed by atoms with Crippen LogP contribution in [0.25, 0.3) is 0 Å². The number of hydrogen-bond donors (Lipinski definition) is 1. The molecule has 0 saturated carbocycles. The van der Waals surface area contributed by atoms with E-state index in [1.54, 1.807) is 13.0 Å². The monoisotopic (exact) mass is 288 g/mol. The van der Waals surface area contributed by atoms with Crippen molar-refractivity contribution >= 4 is 9.84 Å². The molecule has 1 aromatic rings. The predicted octanol–water partition coefficient (Wildman–Crippen LogP) is 1.36. The molecule has 7 heteroatoms. The molecule has 0 fully saturated rings. The third-order valence-corrected chi connectivity index (χ3v) is 3.56. The van der Waals surface area contributed by atoms with E-state index in [-0.39, 0.29) is 23.4 Å². The van der Waals surface area contributed by atoms with E-state index in [1.807, 2.05) is 0 Å². The molecule has 0 radical (unpaired) electrons. The van der Waals surface area contributed by atoms with Gasteiger partial charge in [-0.3, -0.25) is 0 Å². The molecule has 1 aromatic carbocycles. The molecule has 0 aliphatic carbocycles. The van der Waals surface area contributed by atoms with E-state index >= 15 is 0 Å². The number of nitrogens with zero attached hydrogens (tertiary/aromatic N) is 1. The van der Waals surface area contributed by atoms with Crippen LogP contribution in [0.5, 0.6) is 0 Å². The molecule has 19 heavy (non-hydrogen) atoms. The third kappa shape index (κ3) is 4.93. The minimum atomic E-state index is -3.15. The Labute approximate surface area is 111 Å². The van der Waals surface area contributed by atoms with Gasteiger partial charge in [0.25, 0.3) is 0 Å². The lowest BCUT2D eigenvalue weighted by Crippen LogP contribution is -2.32. The van der Waals surface area contributed by atoms with Crippen LogP contribution in [-0.4, -0.2) is 26.5 Å². The van der Waals surface area contributed by atoms with Gasteiger partial charge in [-0.25, -0.2) is 17.2 Å². The van der Waals surface area contributed by atoms with Gasteiger partial charge in [-0.2, -0.15) is 5.26 Å². The van der Waals surface area contributed by atoms with E-state index in [1.165, 1.54) is 0 Å². The first-order chi connectivity index (χ1) is 8.73. The Bertz CT molecular complexity index is 586. The summed E-state index contributed by atoms with van der Waals surface area (Å²) in [5.41, 5.74) is -0.303. The summed E-state index contributed by atoms with van der Waals surface area (Å²) in [6.07, 6.45) is 1.09. The van der Waals surface area contributed by atoms with Crippen LogP contribution in [0.1, 0.15) is 18.1 Å². The van der Waals surface area contributed by atoms with Gasteiger partial charge >= 0.3 is 0 Å². The quantitative estimate of drug-likeness (QED) is 0.888. The molecule has 1 unspecified atom stereocenters. The van der Waals surface area contributed by atoms with Crippen molar-refractivity contribution in [2.75, 3.05) is 12.0 Å². The highest BCUT2D eigenvalue weighted by Crippen LogP contribution is 2.15. The molecule has 0 aromatic heterocycles. The summed E-state index contributed by atoms with van der Waals surface area (Å²) in [7, 11) is -3.15. The van der Waals surface area contributed by atoms with E-state index in [2.05, 4.69) is 5.32 Å². The number of rotatable bonds is 5. The number of halogens is 2. The maximum absolute atomic E-state index is 13.5. The molecular formula is C12H14F2N2O2S. The lowest BCUT2D eigenvalue weighted by atomic mass is 10.1. The van der Waals surface area contributed by atoms with E-state index < -0.39 is 27.5 Å². The first kappa shape index (κ1) is 15.5. The Hall–Kier alpha value is -1.52. The molecule has 0 saturated heterocycles. The fourth-order valence-electron chi connectivity index (χ4n) is 1.63. The van der Waals surface area contributed by atoms with Crippen LogP contribution < -0.4 is 5.32 Å². The summed E-state index contributed by atoms with van der Waals surface area (Å²) in [4.78, 5) is 0. The zero-order valence-corrected chi connectivity index (χ0v) is 11.4. The van der Waals surface area contributed by atoms with Gasteiger partial charge in [0, 0.05) is 24.4 Å². The van der Waals surface area contributed by atoms with Crippen molar-refractivity contribution in [2.45, 2.75) is 19.5 Å². The van der Waals surface area contributed by atoms with Gasteiger partial charge in [0.05, 0.1) is 17.4 Å². The number of benzene rings is 1. The fourth-order valence-corrected chi connectivity index (χ4v) is 2.65. The Morgan fingerprint density at radius 2 is 1.89 bits per heavy atom. The molecule has 104 valence electrons. The van der Waals surface area contributed by atoms with Crippen molar-refractivity contribution in [2.24, 2.45) is 0 Å². The summed E-state index contributed by atoms with van der Waals surface area (Å²) in [6, 6.07) is 3.12. The van der Waals surface area contributed by atoms with Gasteiger partial charge in [0.15, 0.2) is 0 Å². The van der Waals surface area contributed by atoms with Crippen LogP contribution in [0, 0.1) is 23.0 Å². The molecule has 0 amide bonds. The minimum Gasteiger partial charge on any atom is -0.309 e. The van der Waals surface area contributed by atoms with Gasteiger partial charge < -0.3 is 5.32 Å². The minimum absolute atomic E-state index is 0.0945. The van der Waals surface area contributed by atoms with Crippen LogP contribution in [0.15, 0.2) is 12.1 Å². The summed E-state index contributed by atoms with van der Waals surface area (Å²) in [5.74, 6) is -1.77. The van der Waals surface area contributed by atoms with Crippen LogP contribution >= 0.6 is 0 Å². The fraction of sp³-hybridized carbons (Fsp3) is 0.417. The smallest absolute Gasteiger partial charge is 0.148 e. The standard InChI is InChI=1S/C12H14F2N2O2S/c1-8(7-19(2,17)18)16-6-10-11(13)3-9(5-15)4-12(10)14/h3-4,8,16H,6-7H2,1-2H3. The summed E-state index contributed by atoms with van der Waals surface area (Å²) in [5, 5.41) is 11.3. The average molecular weight is 288 g/mol. The van der Waals surface area contributed by atoms with Crippen LogP contribution in [-0.2, 0) is 16.4 Å². The summed E-state index contributed by atoms with van der Waals surface area (Å²) >= 11 is 0. The number of nitrogens with one attached hydrogen (secondary N) is 1. The van der Waals surface area contributed by atoms with Crippen molar-refractivity contribution < 1.29 is 17.2 Å². The largest absolute Gasteiger partial charge is 0.309 e. The zero-order valence-electron chi connectivity index (χ0n) is 10.6. The molecule has 0 aliphatic heterocycles. The molecule has 0 spiro atoms. The Balaban J connectivity index is 2.77. The predicted molar refractivity (Wildman–Crippen MR) is 67.1 cm³/mol. The topological polar surface area (TPSA) is 70.0 Å². The van der Waals surface area contributed by atoms with Crippen LogP contribution in [0.4, 0.5) is 8.78 Å². The van der Waals surface area contributed by atoms with E-state index in [0.29, 0.717) is 0 Å². The van der Waals surface area contributed by atoms with Crippen LogP contribution in [0.3, 0.4) is 0 Å². The van der Waals surface area contributed by atoms with Crippen molar-refractivity contribution in [3.63, 3.8) is 0 Å². The molecule has 1 rings (SSSR count). The second kappa shape index (κ2) is 6.08. The van der Waals surface area contributed by atoms with E-state index in [9.17, 15) is 17.2 Å². The molecule has 1 atom stereocenters. The van der Waals surface area contributed by atoms with Gasteiger partial charge in [0.1, 0.15) is 21.5 Å². The molecule has 0 aliphatic rings. The van der Waals surface area contributed by atoms with Gasteiger partial charge in [-0.05, 0) is 19.1 Å². The van der Waals surface area contributed by atoms with Crippen LogP contribution in [0.2, 0.25) is 0 Å². The van der Waals surface area contributed by atoms with Gasteiger partial charge in [0.2, 0.25) is 0 Å². The Kier molecular flexibility index (Phi) is 4.97. The normalized spacial score (nSPS) is 13.0. The highest BCUT2D eigenvalue weighted by Gasteiger charge is 2.14. The zero-order chi connectivity index (χ0) is 14.6. The molecule has 0 heterocycles. The molecule has 0 bridgehead atoms. The lowest BCUT2D eigenvalue weighted by Gasteiger charge is -2.13. The van der Waals surface area contributed by atoms with Crippen molar-refractivity contribution in [1.29, 1.82) is 5.26 Å². The summed E-state index contributed by atoms with van der Waals surface area (Å²) < 4.78 is 49.2. The van der Waals surface area contributed by atoms with Crippen molar-refractivity contribution in [3.8, 4) is 6.07 Å². The maximum Gasteiger partial charge on any atom is 0.148 e. The van der Waals surface area contributed by atoms with Crippen molar-refractivity contribution in [3.05, 3.63) is 34.9 Å².